The lowest BCUT2D eigenvalue weighted by molar-refractivity contribution is -0.155. The van der Waals surface area contributed by atoms with Crippen molar-refractivity contribution in [2.75, 3.05) is 0 Å². The number of alkyl halides is 1. The maximum Gasteiger partial charge on any atom is 0.289 e. The average Bonchev–Trinajstić information content (AvgIpc) is 2.70. The fourth-order valence-electron chi connectivity index (χ4n) is 3.49. The predicted molar refractivity (Wildman–Crippen MR) is 81.2 cm³/mol. The molecule has 3 aromatic rings. The molecule has 0 aliphatic heterocycles. The van der Waals surface area contributed by atoms with E-state index < -0.39 is 97.0 Å². The molecule has 30 heavy (non-hydrogen) atoms. The van der Waals surface area contributed by atoms with Gasteiger partial charge in [-0.25, -0.2) is 43.9 Å². The second kappa shape index (κ2) is 6.08. The van der Waals surface area contributed by atoms with Crippen molar-refractivity contribution in [1.29, 1.82) is 0 Å². The van der Waals surface area contributed by atoms with Crippen LogP contribution >= 0.6 is 0 Å². The molecule has 0 radical (unpaired) electrons. The van der Waals surface area contributed by atoms with Crippen molar-refractivity contribution in [3.05, 3.63) is 63.5 Å². The van der Waals surface area contributed by atoms with Gasteiger partial charge >= 0.3 is 0 Å². The molecule has 3 aromatic carbocycles. The number of halogens is 10. The first kappa shape index (κ1) is 20.4. The van der Waals surface area contributed by atoms with Crippen LogP contribution in [0.15, 0.2) is 5.83 Å². The van der Waals surface area contributed by atoms with E-state index in [2.05, 4.69) is 0 Å². The van der Waals surface area contributed by atoms with E-state index in [1.807, 2.05) is 0 Å². The van der Waals surface area contributed by atoms with Crippen molar-refractivity contribution in [1.82, 2.24) is 0 Å². The molecule has 0 saturated carbocycles. The third kappa shape index (κ3) is 2.23. The van der Waals surface area contributed by atoms with E-state index in [1.54, 1.807) is 0 Å². The molecule has 158 valence electrons. The van der Waals surface area contributed by atoms with E-state index in [-0.39, 0.29) is 6.08 Å². The highest BCUT2D eigenvalue weighted by Crippen LogP contribution is 2.50. The molecule has 1 aliphatic carbocycles. The molecule has 1 aliphatic rings. The Morgan fingerprint density at radius 3 is 1.43 bits per heavy atom. The lowest BCUT2D eigenvalue weighted by Crippen LogP contribution is -2.35. The lowest BCUT2D eigenvalue weighted by atomic mass is 9.82. The summed E-state index contributed by atoms with van der Waals surface area (Å²) < 4.78 is 141. The van der Waals surface area contributed by atoms with Crippen molar-refractivity contribution in [3.8, 4) is 0 Å². The number of rotatable bonds is 0. The maximum atomic E-state index is 14.5. The smallest absolute Gasteiger partial charge is 0.289 e. The SMILES string of the molecule is OC1c2c(c3c(F)c(F)c(F)c(F)c3c3c(F)c(F)c(F)c(F)c23)C=C(F)C1(O)F. The van der Waals surface area contributed by atoms with Gasteiger partial charge in [0.2, 0.25) is 0 Å². The summed E-state index contributed by atoms with van der Waals surface area (Å²) in [5.41, 5.74) is -2.71. The van der Waals surface area contributed by atoms with Gasteiger partial charge in [0, 0.05) is 27.1 Å². The highest BCUT2D eigenvalue weighted by molar-refractivity contribution is 6.14. The van der Waals surface area contributed by atoms with Gasteiger partial charge in [-0.05, 0) is 11.6 Å². The fraction of sp³-hybridized carbons (Fsp3) is 0.111. The monoisotopic (exact) mass is 442 g/mol. The Bertz CT molecular complexity index is 1330. The molecule has 4 rings (SSSR count). The zero-order valence-electron chi connectivity index (χ0n) is 13.8. The van der Waals surface area contributed by atoms with E-state index in [9.17, 15) is 54.1 Å². The van der Waals surface area contributed by atoms with Gasteiger partial charge in [-0.2, -0.15) is 0 Å². The van der Waals surface area contributed by atoms with Gasteiger partial charge in [-0.1, -0.05) is 0 Å². The molecule has 2 nitrogen and oxygen atoms in total. The minimum atomic E-state index is -4.34. The van der Waals surface area contributed by atoms with Crippen molar-refractivity contribution in [2.45, 2.75) is 12.0 Å². The third-order valence-electron chi connectivity index (χ3n) is 4.85. The molecule has 0 spiro atoms. The number of hydrogen-bond donors (Lipinski definition) is 2. The zero-order valence-corrected chi connectivity index (χ0v) is 13.8. The molecule has 2 N–H and O–H groups in total. The van der Waals surface area contributed by atoms with Crippen LogP contribution in [0.2, 0.25) is 0 Å². The van der Waals surface area contributed by atoms with Crippen molar-refractivity contribution >= 4 is 27.6 Å². The van der Waals surface area contributed by atoms with Crippen molar-refractivity contribution in [3.63, 3.8) is 0 Å². The summed E-state index contributed by atoms with van der Waals surface area (Å²) in [6.45, 7) is 0. The van der Waals surface area contributed by atoms with Crippen LogP contribution in [0, 0.1) is 46.5 Å². The first-order valence-electron chi connectivity index (χ1n) is 7.78. The molecule has 0 saturated heterocycles. The summed E-state index contributed by atoms with van der Waals surface area (Å²) in [5.74, 6) is -26.3. The van der Waals surface area contributed by atoms with Gasteiger partial charge < -0.3 is 10.2 Å². The molecule has 0 amide bonds. The Hall–Kier alpha value is -2.86. The van der Waals surface area contributed by atoms with Crippen LogP contribution in [0.1, 0.15) is 17.2 Å². The molecule has 0 aromatic heterocycles. The zero-order chi connectivity index (χ0) is 22.4. The second-order valence-corrected chi connectivity index (χ2v) is 6.41. The summed E-state index contributed by atoms with van der Waals surface area (Å²) in [7, 11) is 0. The normalized spacial score (nSPS) is 21.3. The summed E-state index contributed by atoms with van der Waals surface area (Å²) in [4.78, 5) is 0. The number of aliphatic hydroxyl groups is 2. The van der Waals surface area contributed by atoms with Gasteiger partial charge in [0.25, 0.3) is 5.85 Å². The molecular weight excluding hydrogens is 438 g/mol. The number of fused-ring (bicyclic) bond motifs is 6. The molecule has 0 fully saturated rings. The summed E-state index contributed by atoms with van der Waals surface area (Å²) in [6.07, 6.45) is -3.35. The Labute approximate surface area is 158 Å². The minimum absolute atomic E-state index is 0.137. The molecule has 2 unspecified atom stereocenters. The molecule has 12 heteroatoms. The van der Waals surface area contributed by atoms with Gasteiger partial charge in [0.1, 0.15) is 6.10 Å². The van der Waals surface area contributed by atoms with E-state index in [4.69, 9.17) is 0 Å². The summed E-state index contributed by atoms with van der Waals surface area (Å²) >= 11 is 0. The molecule has 0 bridgehead atoms. The van der Waals surface area contributed by atoms with Crippen molar-refractivity contribution < 1.29 is 54.1 Å². The molecule has 2 atom stereocenters. The number of hydrogen-bond acceptors (Lipinski definition) is 2. The minimum Gasteiger partial charge on any atom is -0.382 e. The van der Waals surface area contributed by atoms with Crippen molar-refractivity contribution in [2.24, 2.45) is 0 Å². The average molecular weight is 442 g/mol. The number of aliphatic hydroxyl groups excluding tert-OH is 1. The second-order valence-electron chi connectivity index (χ2n) is 6.41. The lowest BCUT2D eigenvalue weighted by Gasteiger charge is -2.31. The van der Waals surface area contributed by atoms with E-state index >= 15 is 0 Å². The molecule has 0 heterocycles. The van der Waals surface area contributed by atoms with Gasteiger partial charge in [0.05, 0.1) is 0 Å². The quantitative estimate of drug-likeness (QED) is 0.220. The Morgan fingerprint density at radius 2 is 0.967 bits per heavy atom. The van der Waals surface area contributed by atoms with E-state index in [1.165, 1.54) is 0 Å². The largest absolute Gasteiger partial charge is 0.382 e. The van der Waals surface area contributed by atoms with Crippen LogP contribution in [0.5, 0.6) is 0 Å². The highest BCUT2D eigenvalue weighted by Gasteiger charge is 2.48. The van der Waals surface area contributed by atoms with Gasteiger partial charge in [0.15, 0.2) is 52.4 Å². The first-order chi connectivity index (χ1) is 13.8. The summed E-state index contributed by atoms with van der Waals surface area (Å²) in [6, 6.07) is 0. The van der Waals surface area contributed by atoms with Gasteiger partial charge in [-0.3, -0.25) is 0 Å². The van der Waals surface area contributed by atoms with Gasteiger partial charge in [-0.15, -0.1) is 0 Å². The van der Waals surface area contributed by atoms with Crippen LogP contribution in [0.4, 0.5) is 43.9 Å². The van der Waals surface area contributed by atoms with Crippen LogP contribution in [0.25, 0.3) is 27.6 Å². The first-order valence-corrected chi connectivity index (χ1v) is 7.78. The Morgan fingerprint density at radius 1 is 0.600 bits per heavy atom. The van der Waals surface area contributed by atoms with Crippen LogP contribution in [-0.2, 0) is 0 Å². The maximum absolute atomic E-state index is 14.5. The topological polar surface area (TPSA) is 40.5 Å². The third-order valence-corrected chi connectivity index (χ3v) is 4.85. The van der Waals surface area contributed by atoms with E-state index in [0.29, 0.717) is 0 Å². The van der Waals surface area contributed by atoms with E-state index in [0.717, 1.165) is 0 Å². The fourth-order valence-corrected chi connectivity index (χ4v) is 3.49. The predicted octanol–water partition coefficient (Wildman–Crippen LogP) is 5.12. The molecular formula is C18H4F10O2. The van der Waals surface area contributed by atoms with Crippen LogP contribution in [-0.4, -0.2) is 16.1 Å². The van der Waals surface area contributed by atoms with Crippen LogP contribution < -0.4 is 0 Å². The van der Waals surface area contributed by atoms with Crippen LogP contribution in [0.3, 0.4) is 0 Å². The Balaban J connectivity index is 2.50. The number of benzene rings is 3. The Kier molecular flexibility index (Phi) is 4.14. The highest BCUT2D eigenvalue weighted by atomic mass is 19.2. The standard InChI is InChI=1S/C18H4F10O2/c19-3-1-2-4-6(10(21)14(25)13(24)9(4)20)8-7(5(2)17(29)18(3,28)30)11(22)15(26)16(27)12(8)23/h1,17,29-30H. The summed E-state index contributed by atoms with van der Waals surface area (Å²) in [5, 5.41) is 12.8.